The second-order valence-corrected chi connectivity index (χ2v) is 4.60. The van der Waals surface area contributed by atoms with E-state index >= 15 is 0 Å². The van der Waals surface area contributed by atoms with E-state index in [4.69, 9.17) is 5.73 Å². The average molecular weight is 247 g/mol. The molecule has 1 aromatic carbocycles. The molecule has 2 rings (SSSR count). The fraction of sp³-hybridized carbons (Fsp3) is 0.385. The molecule has 1 aliphatic rings. The quantitative estimate of drug-likeness (QED) is 0.736. The molecule has 1 fully saturated rings. The van der Waals surface area contributed by atoms with Gasteiger partial charge in [0, 0.05) is 0 Å². The van der Waals surface area contributed by atoms with Crippen LogP contribution >= 0.6 is 0 Å². The zero-order valence-electron chi connectivity index (χ0n) is 10.3. The maximum Gasteiger partial charge on any atom is 0.250 e. The summed E-state index contributed by atoms with van der Waals surface area (Å²) in [5.41, 5.74) is 6.06. The molecule has 18 heavy (non-hydrogen) atoms. The molecule has 1 heterocycles. The summed E-state index contributed by atoms with van der Waals surface area (Å²) < 4.78 is 0. The third kappa shape index (κ3) is 2.51. The topological polar surface area (TPSA) is 84.2 Å². The maximum atomic E-state index is 12.1. The predicted molar refractivity (Wildman–Crippen MR) is 69.2 cm³/mol. The normalized spacial score (nSPS) is 22.7. The van der Waals surface area contributed by atoms with E-state index in [-0.39, 0.29) is 11.9 Å². The summed E-state index contributed by atoms with van der Waals surface area (Å²) in [5.74, 6) is -0.363. The number of hydrogen-bond acceptors (Lipinski definition) is 3. The second kappa shape index (κ2) is 5.18. The summed E-state index contributed by atoms with van der Waals surface area (Å²) in [6.07, 6.45) is 0.982. The number of nitrogens with two attached hydrogens (primary N) is 1. The third-order valence-corrected chi connectivity index (χ3v) is 3.27. The molecule has 1 aliphatic heterocycles. The lowest BCUT2D eigenvalue weighted by atomic mass is 10.0. The zero-order chi connectivity index (χ0) is 13.1. The van der Waals surface area contributed by atoms with Gasteiger partial charge in [0.1, 0.15) is 0 Å². The first-order chi connectivity index (χ1) is 8.59. The van der Waals surface area contributed by atoms with Crippen LogP contribution in [0.2, 0.25) is 0 Å². The van der Waals surface area contributed by atoms with E-state index in [0.29, 0.717) is 17.2 Å². The first-order valence-electron chi connectivity index (χ1n) is 6.02. The minimum absolute atomic E-state index is 0.117. The zero-order valence-corrected chi connectivity index (χ0v) is 10.3. The monoisotopic (exact) mass is 247 g/mol. The molecule has 2 atom stereocenters. The molecular weight excluding hydrogens is 230 g/mol. The highest BCUT2D eigenvalue weighted by atomic mass is 16.2. The number of carbonyl (C=O) groups excluding carboxylic acids is 2. The van der Waals surface area contributed by atoms with E-state index in [1.165, 1.54) is 0 Å². The lowest BCUT2D eigenvalue weighted by Gasteiger charge is -2.16. The minimum Gasteiger partial charge on any atom is -0.366 e. The van der Waals surface area contributed by atoms with Crippen LogP contribution in [0, 0.1) is 5.92 Å². The number of anilines is 1. The van der Waals surface area contributed by atoms with Crippen molar-refractivity contribution >= 4 is 17.5 Å². The summed E-state index contributed by atoms with van der Waals surface area (Å²) in [5, 5.41) is 5.91. The van der Waals surface area contributed by atoms with E-state index in [2.05, 4.69) is 10.6 Å². The van der Waals surface area contributed by atoms with Crippen molar-refractivity contribution in [3.05, 3.63) is 29.8 Å². The summed E-state index contributed by atoms with van der Waals surface area (Å²) in [6.45, 7) is 2.88. The SMILES string of the molecule is CC1CCNC1C(=O)Nc1ccccc1C(N)=O. The fourth-order valence-corrected chi connectivity index (χ4v) is 2.20. The van der Waals surface area contributed by atoms with Crippen LogP contribution in [0.25, 0.3) is 0 Å². The third-order valence-electron chi connectivity index (χ3n) is 3.27. The molecule has 4 N–H and O–H groups in total. The fourth-order valence-electron chi connectivity index (χ4n) is 2.20. The molecule has 1 aromatic rings. The highest BCUT2D eigenvalue weighted by Crippen LogP contribution is 2.19. The number of para-hydroxylation sites is 1. The van der Waals surface area contributed by atoms with E-state index < -0.39 is 5.91 Å². The van der Waals surface area contributed by atoms with Gasteiger partial charge in [-0.3, -0.25) is 9.59 Å². The van der Waals surface area contributed by atoms with Crippen LogP contribution in [-0.2, 0) is 4.79 Å². The van der Waals surface area contributed by atoms with Gasteiger partial charge in [-0.05, 0) is 31.0 Å². The van der Waals surface area contributed by atoms with Gasteiger partial charge in [0.15, 0.2) is 0 Å². The number of rotatable bonds is 3. The van der Waals surface area contributed by atoms with Crippen molar-refractivity contribution in [3.8, 4) is 0 Å². The van der Waals surface area contributed by atoms with E-state index in [1.807, 2.05) is 6.92 Å². The number of benzene rings is 1. The van der Waals surface area contributed by atoms with Gasteiger partial charge in [-0.15, -0.1) is 0 Å². The molecule has 0 saturated carbocycles. The van der Waals surface area contributed by atoms with Gasteiger partial charge in [-0.2, -0.15) is 0 Å². The Morgan fingerprint density at radius 3 is 2.72 bits per heavy atom. The largest absolute Gasteiger partial charge is 0.366 e. The van der Waals surface area contributed by atoms with Gasteiger partial charge >= 0.3 is 0 Å². The van der Waals surface area contributed by atoms with Crippen molar-refractivity contribution in [2.24, 2.45) is 11.7 Å². The van der Waals surface area contributed by atoms with Crippen molar-refractivity contribution in [2.45, 2.75) is 19.4 Å². The Balaban J connectivity index is 2.14. The van der Waals surface area contributed by atoms with Crippen molar-refractivity contribution in [3.63, 3.8) is 0 Å². The van der Waals surface area contributed by atoms with Crippen molar-refractivity contribution in [2.75, 3.05) is 11.9 Å². The Morgan fingerprint density at radius 2 is 2.11 bits per heavy atom. The average Bonchev–Trinajstić information content (AvgIpc) is 2.76. The number of amides is 2. The molecule has 0 bridgehead atoms. The molecular formula is C13H17N3O2. The number of carbonyl (C=O) groups is 2. The Bertz CT molecular complexity index is 473. The van der Waals surface area contributed by atoms with Crippen molar-refractivity contribution in [1.82, 2.24) is 5.32 Å². The summed E-state index contributed by atoms with van der Waals surface area (Å²) >= 11 is 0. The smallest absolute Gasteiger partial charge is 0.250 e. The molecule has 1 saturated heterocycles. The summed E-state index contributed by atoms with van der Waals surface area (Å²) in [6, 6.07) is 6.55. The van der Waals surface area contributed by atoms with E-state index in [9.17, 15) is 9.59 Å². The summed E-state index contributed by atoms with van der Waals surface area (Å²) in [4.78, 5) is 23.3. The van der Waals surface area contributed by atoms with Gasteiger partial charge < -0.3 is 16.4 Å². The number of hydrogen-bond donors (Lipinski definition) is 3. The molecule has 5 heteroatoms. The van der Waals surface area contributed by atoms with E-state index in [1.54, 1.807) is 24.3 Å². The molecule has 2 amide bonds. The van der Waals surface area contributed by atoms with Gasteiger partial charge in [-0.25, -0.2) is 0 Å². The highest BCUT2D eigenvalue weighted by Gasteiger charge is 2.29. The van der Waals surface area contributed by atoms with Crippen molar-refractivity contribution < 1.29 is 9.59 Å². The first kappa shape index (κ1) is 12.6. The van der Waals surface area contributed by atoms with Crippen LogP contribution in [0.5, 0.6) is 0 Å². The predicted octanol–water partition coefficient (Wildman–Crippen LogP) is 0.722. The van der Waals surface area contributed by atoms with Crippen LogP contribution < -0.4 is 16.4 Å². The number of primary amides is 1. The Hall–Kier alpha value is -1.88. The van der Waals surface area contributed by atoms with Crippen LogP contribution in [0.1, 0.15) is 23.7 Å². The van der Waals surface area contributed by atoms with Gasteiger partial charge in [0.05, 0.1) is 17.3 Å². The molecule has 5 nitrogen and oxygen atoms in total. The highest BCUT2D eigenvalue weighted by molar-refractivity contribution is 6.04. The summed E-state index contributed by atoms with van der Waals surface area (Å²) in [7, 11) is 0. The second-order valence-electron chi connectivity index (χ2n) is 4.60. The molecule has 2 unspecified atom stereocenters. The van der Waals surface area contributed by atoms with Crippen LogP contribution in [-0.4, -0.2) is 24.4 Å². The molecule has 0 aromatic heterocycles. The van der Waals surface area contributed by atoms with Crippen LogP contribution in [0.15, 0.2) is 24.3 Å². The Labute approximate surface area is 106 Å². The van der Waals surface area contributed by atoms with Crippen LogP contribution in [0.3, 0.4) is 0 Å². The Kier molecular flexibility index (Phi) is 3.62. The van der Waals surface area contributed by atoms with Gasteiger partial charge in [-0.1, -0.05) is 19.1 Å². The van der Waals surface area contributed by atoms with Crippen molar-refractivity contribution in [1.29, 1.82) is 0 Å². The number of nitrogens with one attached hydrogen (secondary N) is 2. The maximum absolute atomic E-state index is 12.1. The minimum atomic E-state index is -0.543. The van der Waals surface area contributed by atoms with E-state index in [0.717, 1.165) is 13.0 Å². The molecule has 0 spiro atoms. The lowest BCUT2D eigenvalue weighted by molar-refractivity contribution is -0.118. The first-order valence-corrected chi connectivity index (χ1v) is 6.02. The standard InChI is InChI=1S/C13H17N3O2/c1-8-6-7-15-11(8)13(18)16-10-5-3-2-4-9(10)12(14)17/h2-5,8,11,15H,6-7H2,1H3,(H2,14,17)(H,16,18). The molecule has 0 aliphatic carbocycles. The Morgan fingerprint density at radius 1 is 1.39 bits per heavy atom. The van der Waals surface area contributed by atoms with Crippen LogP contribution in [0.4, 0.5) is 5.69 Å². The lowest BCUT2D eigenvalue weighted by Crippen LogP contribution is -2.39. The van der Waals surface area contributed by atoms with Gasteiger partial charge in [0.25, 0.3) is 5.91 Å². The molecule has 96 valence electrons. The molecule has 0 radical (unpaired) electrons. The van der Waals surface area contributed by atoms with Gasteiger partial charge in [0.2, 0.25) is 5.91 Å².